The lowest BCUT2D eigenvalue weighted by molar-refractivity contribution is -0.131. The highest BCUT2D eigenvalue weighted by atomic mass is 16.5. The fourth-order valence-electron chi connectivity index (χ4n) is 3.10. The van der Waals surface area contributed by atoms with E-state index in [1.807, 2.05) is 0 Å². The molecule has 1 saturated carbocycles. The van der Waals surface area contributed by atoms with Gasteiger partial charge in [0, 0.05) is 6.61 Å². The summed E-state index contributed by atoms with van der Waals surface area (Å²) in [6.07, 6.45) is 5.13. The second-order valence-corrected chi connectivity index (χ2v) is 5.13. The first kappa shape index (κ1) is 10.5. The highest BCUT2D eigenvalue weighted by Crippen LogP contribution is 2.41. The summed E-state index contributed by atoms with van der Waals surface area (Å²) in [6, 6.07) is 0.333. The van der Waals surface area contributed by atoms with Crippen molar-refractivity contribution in [1.29, 1.82) is 0 Å². The summed E-state index contributed by atoms with van der Waals surface area (Å²) >= 11 is 0. The van der Waals surface area contributed by atoms with Gasteiger partial charge in [0.05, 0.1) is 24.9 Å². The molecule has 0 aromatic carbocycles. The van der Waals surface area contributed by atoms with Crippen molar-refractivity contribution in [3.63, 3.8) is 0 Å². The Balaban J connectivity index is 1.76. The highest BCUT2D eigenvalue weighted by molar-refractivity contribution is 5.81. The molecule has 2 saturated heterocycles. The van der Waals surface area contributed by atoms with Gasteiger partial charge in [0.15, 0.2) is 0 Å². The normalized spacial score (nSPS) is 39.7. The fourth-order valence-corrected chi connectivity index (χ4v) is 3.10. The number of hydrogen-bond acceptors (Lipinski definition) is 3. The van der Waals surface area contributed by atoms with Gasteiger partial charge >= 0.3 is 0 Å². The third-order valence-electron chi connectivity index (χ3n) is 4.05. The maximum absolute atomic E-state index is 11.9. The molecule has 3 aliphatic rings. The van der Waals surface area contributed by atoms with E-state index in [4.69, 9.17) is 4.74 Å². The molecule has 0 radical (unpaired) electrons. The number of hydrogen-bond donors (Lipinski definition) is 1. The molecule has 1 amide bonds. The van der Waals surface area contributed by atoms with Gasteiger partial charge in [-0.2, -0.15) is 0 Å². The molecule has 3 rings (SSSR count). The molecule has 16 heavy (non-hydrogen) atoms. The summed E-state index contributed by atoms with van der Waals surface area (Å²) in [6.45, 7) is 3.46. The zero-order valence-corrected chi connectivity index (χ0v) is 9.82. The van der Waals surface area contributed by atoms with Crippen molar-refractivity contribution >= 4 is 5.91 Å². The third-order valence-corrected chi connectivity index (χ3v) is 4.05. The molecule has 0 spiro atoms. The minimum atomic E-state index is 0.237. The molecule has 0 bridgehead atoms. The van der Waals surface area contributed by atoms with Gasteiger partial charge in [-0.05, 0) is 31.6 Å². The maximum Gasteiger partial charge on any atom is 0.238 e. The molecule has 3 atom stereocenters. The summed E-state index contributed by atoms with van der Waals surface area (Å²) in [4.78, 5) is 14.0. The molecule has 4 nitrogen and oxygen atoms in total. The van der Waals surface area contributed by atoms with Crippen LogP contribution in [0.5, 0.6) is 0 Å². The van der Waals surface area contributed by atoms with E-state index in [1.165, 1.54) is 12.8 Å². The van der Waals surface area contributed by atoms with Gasteiger partial charge in [0.2, 0.25) is 5.91 Å². The third kappa shape index (κ3) is 1.64. The van der Waals surface area contributed by atoms with Crippen LogP contribution in [0, 0.1) is 5.92 Å². The Kier molecular flexibility index (Phi) is 2.64. The van der Waals surface area contributed by atoms with Gasteiger partial charge in [-0.15, -0.1) is 0 Å². The molecular weight excluding hydrogens is 204 g/mol. The van der Waals surface area contributed by atoms with Crippen LogP contribution in [-0.4, -0.2) is 42.3 Å². The zero-order chi connectivity index (χ0) is 11.1. The Hall–Kier alpha value is -0.610. The molecule has 90 valence electrons. The van der Waals surface area contributed by atoms with E-state index in [0.29, 0.717) is 18.7 Å². The van der Waals surface area contributed by atoms with Crippen molar-refractivity contribution in [2.45, 2.75) is 50.9 Å². The van der Waals surface area contributed by atoms with Crippen LogP contribution in [0.25, 0.3) is 0 Å². The largest absolute Gasteiger partial charge is 0.376 e. The summed E-state index contributed by atoms with van der Waals surface area (Å²) in [5, 5.41) is 3.28. The standard InChI is InChI=1S/C12H20N2O2/c1-2-10-13-7-11(15)14(10)9-5-6-16-12(9)8-3-4-8/h8-10,12-13H,2-7H2,1H3. The van der Waals surface area contributed by atoms with Gasteiger partial charge in [-0.25, -0.2) is 0 Å². The Labute approximate surface area is 96.3 Å². The quantitative estimate of drug-likeness (QED) is 0.768. The van der Waals surface area contributed by atoms with Crippen molar-refractivity contribution in [2.75, 3.05) is 13.2 Å². The van der Waals surface area contributed by atoms with Crippen LogP contribution in [0.15, 0.2) is 0 Å². The van der Waals surface area contributed by atoms with Gasteiger partial charge < -0.3 is 9.64 Å². The van der Waals surface area contributed by atoms with Crippen LogP contribution in [0.1, 0.15) is 32.6 Å². The van der Waals surface area contributed by atoms with E-state index in [0.717, 1.165) is 25.4 Å². The molecule has 1 aliphatic carbocycles. The van der Waals surface area contributed by atoms with E-state index < -0.39 is 0 Å². The molecule has 3 unspecified atom stereocenters. The van der Waals surface area contributed by atoms with Crippen LogP contribution in [0.2, 0.25) is 0 Å². The second-order valence-electron chi connectivity index (χ2n) is 5.13. The number of nitrogens with one attached hydrogen (secondary N) is 1. The van der Waals surface area contributed by atoms with Crippen molar-refractivity contribution in [2.24, 2.45) is 5.92 Å². The summed E-state index contributed by atoms with van der Waals surface area (Å²) in [5.74, 6) is 0.978. The minimum Gasteiger partial charge on any atom is -0.376 e. The number of carbonyl (C=O) groups is 1. The fraction of sp³-hybridized carbons (Fsp3) is 0.917. The molecule has 0 aromatic heterocycles. The van der Waals surface area contributed by atoms with Crippen molar-refractivity contribution in [3.8, 4) is 0 Å². The summed E-state index contributed by atoms with van der Waals surface area (Å²) in [5.41, 5.74) is 0. The lowest BCUT2D eigenvalue weighted by Gasteiger charge is -2.32. The monoisotopic (exact) mass is 224 g/mol. The zero-order valence-electron chi connectivity index (χ0n) is 9.82. The first-order valence-electron chi connectivity index (χ1n) is 6.47. The van der Waals surface area contributed by atoms with Gasteiger partial charge in [-0.1, -0.05) is 6.92 Å². The number of nitrogens with zero attached hydrogens (tertiary/aromatic N) is 1. The van der Waals surface area contributed by atoms with Crippen molar-refractivity contribution < 1.29 is 9.53 Å². The van der Waals surface area contributed by atoms with E-state index in [2.05, 4.69) is 17.1 Å². The van der Waals surface area contributed by atoms with Crippen LogP contribution in [0.4, 0.5) is 0 Å². The Morgan fingerprint density at radius 1 is 1.44 bits per heavy atom. The summed E-state index contributed by atoms with van der Waals surface area (Å²) in [7, 11) is 0. The minimum absolute atomic E-state index is 0.237. The number of ether oxygens (including phenoxy) is 1. The van der Waals surface area contributed by atoms with E-state index in [1.54, 1.807) is 0 Å². The average molecular weight is 224 g/mol. The topological polar surface area (TPSA) is 41.6 Å². The lowest BCUT2D eigenvalue weighted by Crippen LogP contribution is -2.48. The van der Waals surface area contributed by atoms with Crippen molar-refractivity contribution in [1.82, 2.24) is 10.2 Å². The van der Waals surface area contributed by atoms with Gasteiger partial charge in [0.25, 0.3) is 0 Å². The average Bonchev–Trinajstić information content (AvgIpc) is 2.90. The predicted molar refractivity (Wildman–Crippen MR) is 59.8 cm³/mol. The first-order valence-corrected chi connectivity index (χ1v) is 6.47. The van der Waals surface area contributed by atoms with E-state index in [9.17, 15) is 4.79 Å². The van der Waals surface area contributed by atoms with Crippen LogP contribution < -0.4 is 5.32 Å². The number of amides is 1. The molecule has 1 N–H and O–H groups in total. The van der Waals surface area contributed by atoms with Crippen LogP contribution in [-0.2, 0) is 9.53 Å². The number of carbonyl (C=O) groups excluding carboxylic acids is 1. The van der Waals surface area contributed by atoms with Gasteiger partial charge in [0.1, 0.15) is 0 Å². The van der Waals surface area contributed by atoms with E-state index in [-0.39, 0.29) is 12.1 Å². The summed E-state index contributed by atoms with van der Waals surface area (Å²) < 4.78 is 5.82. The molecule has 4 heteroatoms. The molecule has 2 aliphatic heterocycles. The van der Waals surface area contributed by atoms with Crippen molar-refractivity contribution in [3.05, 3.63) is 0 Å². The maximum atomic E-state index is 11.9. The molecule has 0 aromatic rings. The van der Waals surface area contributed by atoms with Crippen LogP contribution in [0.3, 0.4) is 0 Å². The molecule has 3 fully saturated rings. The Morgan fingerprint density at radius 3 is 2.94 bits per heavy atom. The van der Waals surface area contributed by atoms with Crippen LogP contribution >= 0.6 is 0 Å². The first-order chi connectivity index (χ1) is 7.81. The molecular formula is C12H20N2O2. The SMILES string of the molecule is CCC1NCC(=O)N1C1CCOC1C1CC1. The Morgan fingerprint density at radius 2 is 2.25 bits per heavy atom. The number of rotatable bonds is 3. The second kappa shape index (κ2) is 4.00. The smallest absolute Gasteiger partial charge is 0.238 e. The lowest BCUT2D eigenvalue weighted by atomic mass is 10.0. The van der Waals surface area contributed by atoms with Gasteiger partial charge in [-0.3, -0.25) is 10.1 Å². The Bertz CT molecular complexity index is 291. The highest BCUT2D eigenvalue weighted by Gasteiger charge is 2.47. The molecule has 2 heterocycles. The van der Waals surface area contributed by atoms with E-state index >= 15 is 0 Å². The predicted octanol–water partition coefficient (Wildman–Crippen LogP) is 0.722.